The van der Waals surface area contributed by atoms with Gasteiger partial charge in [-0.15, -0.1) is 0 Å². The predicted octanol–water partition coefficient (Wildman–Crippen LogP) is 1.57. The van der Waals surface area contributed by atoms with Crippen LogP contribution < -0.4 is 0 Å². The number of ether oxygens (including phenoxy) is 1. The van der Waals surface area contributed by atoms with E-state index in [4.69, 9.17) is 4.74 Å². The van der Waals surface area contributed by atoms with Crippen molar-refractivity contribution >= 4 is 5.91 Å². The lowest BCUT2D eigenvalue weighted by Gasteiger charge is -2.33. The lowest BCUT2D eigenvalue weighted by molar-refractivity contribution is -0.135. The van der Waals surface area contributed by atoms with E-state index in [1.54, 1.807) is 0 Å². The van der Waals surface area contributed by atoms with Crippen molar-refractivity contribution in [1.82, 2.24) is 19.8 Å². The molecule has 1 N–H and O–H groups in total. The number of hydrogen-bond donors (Lipinski definition) is 1. The number of nitrogens with zero attached hydrogens (tertiary/aromatic N) is 3. The van der Waals surface area contributed by atoms with Crippen LogP contribution in [0, 0.1) is 12.8 Å². The Labute approximate surface area is 138 Å². The molecule has 0 aliphatic carbocycles. The van der Waals surface area contributed by atoms with Crippen LogP contribution in [-0.2, 0) is 16.1 Å². The van der Waals surface area contributed by atoms with Gasteiger partial charge in [0.1, 0.15) is 5.82 Å². The van der Waals surface area contributed by atoms with Crippen molar-refractivity contribution in [2.45, 2.75) is 39.2 Å². The van der Waals surface area contributed by atoms with Crippen molar-refractivity contribution in [1.29, 1.82) is 0 Å². The van der Waals surface area contributed by atoms with Crippen molar-refractivity contribution < 1.29 is 9.53 Å². The zero-order valence-corrected chi connectivity index (χ0v) is 14.1. The molecule has 0 radical (unpaired) electrons. The first-order chi connectivity index (χ1) is 11.2. The van der Waals surface area contributed by atoms with Gasteiger partial charge in [0.15, 0.2) is 0 Å². The number of H-pyrrole nitrogens is 1. The Morgan fingerprint density at radius 1 is 1.39 bits per heavy atom. The first kappa shape index (κ1) is 16.5. The Hall–Kier alpha value is -1.40. The number of morpholine rings is 1. The Bertz CT molecular complexity index is 510. The van der Waals surface area contributed by atoms with E-state index in [2.05, 4.69) is 14.9 Å². The van der Waals surface area contributed by atoms with Crippen LogP contribution in [0.25, 0.3) is 0 Å². The SMILES string of the molecule is Cc1cnc(CN2CCCC(CCC(=O)N3CCOCC3)C2)[nH]1. The van der Waals surface area contributed by atoms with Gasteiger partial charge < -0.3 is 14.6 Å². The molecule has 3 heterocycles. The monoisotopic (exact) mass is 320 g/mol. The average molecular weight is 320 g/mol. The van der Waals surface area contributed by atoms with E-state index in [0.717, 1.165) is 50.7 Å². The van der Waals surface area contributed by atoms with Gasteiger partial charge in [0.25, 0.3) is 0 Å². The smallest absolute Gasteiger partial charge is 0.222 e. The molecule has 128 valence electrons. The minimum Gasteiger partial charge on any atom is -0.378 e. The van der Waals surface area contributed by atoms with Crippen LogP contribution in [-0.4, -0.2) is 65.1 Å². The highest BCUT2D eigenvalue weighted by Gasteiger charge is 2.23. The standard InChI is InChI=1S/C17H28N4O2/c1-14-11-18-16(19-14)13-20-6-2-3-15(12-20)4-5-17(22)21-7-9-23-10-8-21/h11,15H,2-10,12-13H2,1H3,(H,18,19). The molecule has 3 rings (SSSR count). The molecule has 0 aromatic carbocycles. The minimum atomic E-state index is 0.298. The molecule has 2 aliphatic heterocycles. The molecule has 1 unspecified atom stereocenters. The lowest BCUT2D eigenvalue weighted by Crippen LogP contribution is -2.41. The zero-order chi connectivity index (χ0) is 16.1. The van der Waals surface area contributed by atoms with Gasteiger partial charge >= 0.3 is 0 Å². The molecule has 2 saturated heterocycles. The summed E-state index contributed by atoms with van der Waals surface area (Å²) in [7, 11) is 0. The molecule has 2 fully saturated rings. The maximum atomic E-state index is 12.3. The Morgan fingerprint density at radius 3 is 2.96 bits per heavy atom. The molecule has 1 amide bonds. The number of aromatic amines is 1. The van der Waals surface area contributed by atoms with Crippen molar-refractivity contribution in [2.24, 2.45) is 5.92 Å². The summed E-state index contributed by atoms with van der Waals surface area (Å²) in [6.45, 7) is 8.02. The number of aromatic nitrogens is 2. The minimum absolute atomic E-state index is 0.298. The highest BCUT2D eigenvalue weighted by atomic mass is 16.5. The number of likely N-dealkylation sites (tertiary alicyclic amines) is 1. The average Bonchev–Trinajstić information content (AvgIpc) is 2.99. The van der Waals surface area contributed by atoms with E-state index in [1.165, 1.54) is 12.8 Å². The predicted molar refractivity (Wildman–Crippen MR) is 88.0 cm³/mol. The number of hydrogen-bond acceptors (Lipinski definition) is 4. The Morgan fingerprint density at radius 2 is 2.22 bits per heavy atom. The van der Waals surface area contributed by atoms with E-state index in [0.29, 0.717) is 31.5 Å². The summed E-state index contributed by atoms with van der Waals surface area (Å²) in [5.74, 6) is 1.98. The second kappa shape index (κ2) is 7.93. The van der Waals surface area contributed by atoms with Gasteiger partial charge in [-0.05, 0) is 38.6 Å². The van der Waals surface area contributed by atoms with Gasteiger partial charge in [-0.2, -0.15) is 0 Å². The van der Waals surface area contributed by atoms with Crippen LogP contribution in [0.3, 0.4) is 0 Å². The molecule has 0 spiro atoms. The van der Waals surface area contributed by atoms with Gasteiger partial charge in [0, 0.05) is 37.9 Å². The second-order valence-corrected chi connectivity index (χ2v) is 6.79. The van der Waals surface area contributed by atoms with Gasteiger partial charge in [-0.1, -0.05) is 0 Å². The largest absolute Gasteiger partial charge is 0.378 e. The maximum Gasteiger partial charge on any atom is 0.222 e. The van der Waals surface area contributed by atoms with E-state index in [-0.39, 0.29) is 0 Å². The zero-order valence-electron chi connectivity index (χ0n) is 14.1. The molecule has 0 bridgehead atoms. The van der Waals surface area contributed by atoms with Crippen molar-refractivity contribution in [3.63, 3.8) is 0 Å². The van der Waals surface area contributed by atoms with Crippen LogP contribution in [0.5, 0.6) is 0 Å². The third kappa shape index (κ3) is 4.78. The van der Waals surface area contributed by atoms with Gasteiger partial charge in [-0.3, -0.25) is 9.69 Å². The Balaban J connectivity index is 1.42. The van der Waals surface area contributed by atoms with E-state index < -0.39 is 0 Å². The number of rotatable bonds is 5. The van der Waals surface area contributed by atoms with Crippen molar-refractivity contribution in [2.75, 3.05) is 39.4 Å². The highest BCUT2D eigenvalue weighted by Crippen LogP contribution is 2.22. The summed E-state index contributed by atoms with van der Waals surface area (Å²) in [5.41, 5.74) is 1.12. The quantitative estimate of drug-likeness (QED) is 0.894. The first-order valence-corrected chi connectivity index (χ1v) is 8.79. The third-order valence-corrected chi connectivity index (χ3v) is 4.86. The lowest BCUT2D eigenvalue weighted by atomic mass is 9.93. The normalized spacial score (nSPS) is 23.2. The molecule has 1 aromatic heterocycles. The molecule has 1 atom stereocenters. The summed E-state index contributed by atoms with van der Waals surface area (Å²) in [5, 5.41) is 0. The Kier molecular flexibility index (Phi) is 5.67. The van der Waals surface area contributed by atoms with E-state index in [1.807, 2.05) is 18.0 Å². The third-order valence-electron chi connectivity index (χ3n) is 4.86. The van der Waals surface area contributed by atoms with Gasteiger partial charge in [-0.25, -0.2) is 4.98 Å². The van der Waals surface area contributed by atoms with Crippen LogP contribution in [0.4, 0.5) is 0 Å². The number of aryl methyl sites for hydroxylation is 1. The number of nitrogens with one attached hydrogen (secondary N) is 1. The molecule has 6 nitrogen and oxygen atoms in total. The van der Waals surface area contributed by atoms with Gasteiger partial charge in [0.2, 0.25) is 5.91 Å². The molecule has 1 aromatic rings. The molecule has 2 aliphatic rings. The van der Waals surface area contributed by atoms with Crippen LogP contribution in [0.2, 0.25) is 0 Å². The van der Waals surface area contributed by atoms with E-state index >= 15 is 0 Å². The van der Waals surface area contributed by atoms with Crippen LogP contribution in [0.1, 0.15) is 37.2 Å². The van der Waals surface area contributed by atoms with Crippen LogP contribution >= 0.6 is 0 Å². The second-order valence-electron chi connectivity index (χ2n) is 6.79. The fraction of sp³-hybridized carbons (Fsp3) is 0.765. The summed E-state index contributed by atoms with van der Waals surface area (Å²) >= 11 is 0. The fourth-order valence-corrected chi connectivity index (χ4v) is 3.59. The van der Waals surface area contributed by atoms with E-state index in [9.17, 15) is 4.79 Å². The topological polar surface area (TPSA) is 61.5 Å². The van der Waals surface area contributed by atoms with Crippen molar-refractivity contribution in [3.8, 4) is 0 Å². The van der Waals surface area contributed by atoms with Crippen molar-refractivity contribution in [3.05, 3.63) is 17.7 Å². The number of piperidine rings is 1. The summed E-state index contributed by atoms with van der Waals surface area (Å²) in [4.78, 5) is 24.4. The number of carbonyl (C=O) groups is 1. The maximum absolute atomic E-state index is 12.3. The fourth-order valence-electron chi connectivity index (χ4n) is 3.59. The number of imidazole rings is 1. The number of amides is 1. The van der Waals surface area contributed by atoms with Gasteiger partial charge in [0.05, 0.1) is 19.8 Å². The summed E-state index contributed by atoms with van der Waals surface area (Å²) < 4.78 is 5.31. The molecular weight excluding hydrogens is 292 g/mol. The summed E-state index contributed by atoms with van der Waals surface area (Å²) in [6, 6.07) is 0. The highest BCUT2D eigenvalue weighted by molar-refractivity contribution is 5.76. The molecular formula is C17H28N4O2. The van der Waals surface area contributed by atoms with Crippen LogP contribution in [0.15, 0.2) is 6.20 Å². The molecule has 6 heteroatoms. The molecule has 0 saturated carbocycles. The molecule has 23 heavy (non-hydrogen) atoms. The first-order valence-electron chi connectivity index (χ1n) is 8.79. The number of carbonyl (C=O) groups excluding carboxylic acids is 1. The summed E-state index contributed by atoms with van der Waals surface area (Å²) in [6.07, 6.45) is 6.03.